The molecule has 3 nitrogen and oxygen atoms in total. The lowest BCUT2D eigenvalue weighted by Crippen LogP contribution is -2.04. The average Bonchev–Trinajstić information content (AvgIpc) is 2.75. The Hall–Kier alpha value is -0.640. The molecule has 1 saturated carbocycles. The molecule has 4 heteroatoms. The van der Waals surface area contributed by atoms with Crippen molar-refractivity contribution in [3.8, 4) is 0 Å². The van der Waals surface area contributed by atoms with Crippen molar-refractivity contribution in [1.82, 2.24) is 9.36 Å². The molecular weight excluding hydrogens is 206 g/mol. The molecule has 2 unspecified atom stereocenters. The van der Waals surface area contributed by atoms with Crippen molar-refractivity contribution in [2.75, 3.05) is 5.32 Å². The molecule has 0 aromatic carbocycles. The molecule has 1 N–H and O–H groups in total. The summed E-state index contributed by atoms with van der Waals surface area (Å²) in [6.07, 6.45) is 3.94. The van der Waals surface area contributed by atoms with Crippen LogP contribution in [0.3, 0.4) is 0 Å². The molecule has 1 fully saturated rings. The van der Waals surface area contributed by atoms with E-state index in [1.54, 1.807) is 0 Å². The molecule has 15 heavy (non-hydrogen) atoms. The molecule has 2 atom stereocenters. The molecule has 0 spiro atoms. The van der Waals surface area contributed by atoms with Gasteiger partial charge in [-0.05, 0) is 18.8 Å². The lowest BCUT2D eigenvalue weighted by Gasteiger charge is -1.99. The number of nitrogens with one attached hydrogen (secondary N) is 1. The van der Waals surface area contributed by atoms with Gasteiger partial charge in [-0.15, -0.1) is 0 Å². The van der Waals surface area contributed by atoms with Gasteiger partial charge in [0.15, 0.2) is 0 Å². The van der Waals surface area contributed by atoms with Gasteiger partial charge in [0.25, 0.3) is 0 Å². The Balaban J connectivity index is 1.84. The van der Waals surface area contributed by atoms with Crippen LogP contribution < -0.4 is 5.32 Å². The van der Waals surface area contributed by atoms with E-state index in [-0.39, 0.29) is 0 Å². The minimum absolute atomic E-state index is 0.433. The van der Waals surface area contributed by atoms with Crippen LogP contribution in [0.25, 0.3) is 0 Å². The Morgan fingerprint density at radius 2 is 2.33 bits per heavy atom. The third kappa shape index (κ3) is 2.68. The Labute approximate surface area is 95.5 Å². The third-order valence-corrected chi connectivity index (χ3v) is 3.51. The second kappa shape index (κ2) is 4.47. The Kier molecular flexibility index (Phi) is 3.24. The fourth-order valence-electron chi connectivity index (χ4n) is 1.80. The van der Waals surface area contributed by atoms with E-state index in [2.05, 4.69) is 35.4 Å². The molecule has 0 bridgehead atoms. The molecular formula is C11H19N3S. The summed E-state index contributed by atoms with van der Waals surface area (Å²) in [4.78, 5) is 4.48. The van der Waals surface area contributed by atoms with Crippen LogP contribution >= 0.6 is 11.5 Å². The van der Waals surface area contributed by atoms with Crippen molar-refractivity contribution >= 4 is 16.7 Å². The number of aromatic nitrogens is 2. The zero-order valence-corrected chi connectivity index (χ0v) is 10.5. The summed E-state index contributed by atoms with van der Waals surface area (Å²) in [6, 6.07) is 0.665. The maximum absolute atomic E-state index is 4.48. The molecule has 1 aromatic heterocycles. The molecule has 0 amide bonds. The predicted octanol–water partition coefficient (Wildman–Crippen LogP) is 3.26. The molecule has 84 valence electrons. The van der Waals surface area contributed by atoms with Crippen molar-refractivity contribution in [3.05, 3.63) is 5.82 Å². The lowest BCUT2D eigenvalue weighted by molar-refractivity contribution is 0.692. The van der Waals surface area contributed by atoms with E-state index in [9.17, 15) is 0 Å². The number of rotatable bonds is 5. The van der Waals surface area contributed by atoms with Gasteiger partial charge in [0.1, 0.15) is 5.82 Å². The highest BCUT2D eigenvalue weighted by Gasteiger charge is 2.36. The molecule has 1 aliphatic carbocycles. The van der Waals surface area contributed by atoms with Crippen LogP contribution in [-0.4, -0.2) is 15.4 Å². The van der Waals surface area contributed by atoms with Crippen molar-refractivity contribution in [1.29, 1.82) is 0 Å². The number of anilines is 1. The molecule has 2 rings (SSSR count). The van der Waals surface area contributed by atoms with Crippen LogP contribution in [0.15, 0.2) is 0 Å². The monoisotopic (exact) mass is 225 g/mol. The normalized spacial score (nSPS) is 24.5. The first-order valence-corrected chi connectivity index (χ1v) is 6.58. The molecule has 0 aliphatic heterocycles. The number of hydrogen-bond acceptors (Lipinski definition) is 4. The molecule has 1 heterocycles. The standard InChI is InChI=1S/C11H19N3S/c1-4-5-8-6-9(8)12-11-13-10(7(2)3)14-15-11/h7-9H,4-6H2,1-3H3,(H,12,13,14). The van der Waals surface area contributed by atoms with Crippen molar-refractivity contribution in [2.24, 2.45) is 5.92 Å². The first kappa shape index (κ1) is 10.9. The SMILES string of the molecule is CCCC1CC1Nc1nc(C(C)C)ns1. The third-order valence-electron chi connectivity index (χ3n) is 2.85. The van der Waals surface area contributed by atoms with Crippen molar-refractivity contribution in [2.45, 2.75) is 52.0 Å². The number of nitrogens with zero attached hydrogens (tertiary/aromatic N) is 2. The quantitative estimate of drug-likeness (QED) is 0.835. The van der Waals surface area contributed by atoms with Crippen LogP contribution in [0, 0.1) is 5.92 Å². The first-order valence-electron chi connectivity index (χ1n) is 5.80. The summed E-state index contributed by atoms with van der Waals surface area (Å²) in [6.45, 7) is 6.50. The molecule has 0 radical (unpaired) electrons. The van der Waals surface area contributed by atoms with Gasteiger partial charge in [0.2, 0.25) is 5.13 Å². The highest BCUT2D eigenvalue weighted by molar-refractivity contribution is 7.09. The largest absolute Gasteiger partial charge is 0.357 e. The van der Waals surface area contributed by atoms with Crippen LogP contribution in [0.1, 0.15) is 51.8 Å². The van der Waals surface area contributed by atoms with Gasteiger partial charge in [-0.3, -0.25) is 0 Å². The zero-order valence-electron chi connectivity index (χ0n) is 9.66. The van der Waals surface area contributed by atoms with Gasteiger partial charge in [0.05, 0.1) is 0 Å². The van der Waals surface area contributed by atoms with Crippen LogP contribution in [-0.2, 0) is 0 Å². The van der Waals surface area contributed by atoms with Crippen molar-refractivity contribution in [3.63, 3.8) is 0 Å². The Bertz CT molecular complexity index is 321. The zero-order chi connectivity index (χ0) is 10.8. The van der Waals surface area contributed by atoms with Gasteiger partial charge >= 0.3 is 0 Å². The minimum atomic E-state index is 0.433. The second-order valence-electron chi connectivity index (χ2n) is 4.65. The Morgan fingerprint density at radius 1 is 1.53 bits per heavy atom. The van der Waals surface area contributed by atoms with Gasteiger partial charge < -0.3 is 5.32 Å². The topological polar surface area (TPSA) is 37.8 Å². The summed E-state index contributed by atoms with van der Waals surface area (Å²) in [5.74, 6) is 2.28. The maximum atomic E-state index is 4.48. The minimum Gasteiger partial charge on any atom is -0.357 e. The van der Waals surface area contributed by atoms with Gasteiger partial charge in [-0.2, -0.15) is 4.37 Å². The van der Waals surface area contributed by atoms with Crippen LogP contribution in [0.2, 0.25) is 0 Å². The first-order chi connectivity index (χ1) is 7.20. The van der Waals surface area contributed by atoms with Crippen LogP contribution in [0.4, 0.5) is 5.13 Å². The second-order valence-corrected chi connectivity index (χ2v) is 5.40. The van der Waals surface area contributed by atoms with E-state index < -0.39 is 0 Å². The van der Waals surface area contributed by atoms with E-state index in [1.807, 2.05) is 0 Å². The van der Waals surface area contributed by atoms with E-state index in [0.29, 0.717) is 12.0 Å². The maximum Gasteiger partial charge on any atom is 0.202 e. The number of hydrogen-bond donors (Lipinski definition) is 1. The average molecular weight is 225 g/mol. The van der Waals surface area contributed by atoms with Crippen molar-refractivity contribution < 1.29 is 0 Å². The summed E-state index contributed by atoms with van der Waals surface area (Å²) in [5, 5.41) is 4.47. The fourth-order valence-corrected chi connectivity index (χ4v) is 2.57. The smallest absolute Gasteiger partial charge is 0.202 e. The van der Waals surface area contributed by atoms with Gasteiger partial charge in [-0.1, -0.05) is 27.2 Å². The van der Waals surface area contributed by atoms with E-state index in [4.69, 9.17) is 0 Å². The summed E-state index contributed by atoms with van der Waals surface area (Å²) in [7, 11) is 0. The summed E-state index contributed by atoms with van der Waals surface area (Å²) >= 11 is 1.49. The van der Waals surface area contributed by atoms with Gasteiger partial charge in [-0.25, -0.2) is 4.98 Å². The van der Waals surface area contributed by atoms with Gasteiger partial charge in [0, 0.05) is 23.5 Å². The summed E-state index contributed by atoms with van der Waals surface area (Å²) < 4.78 is 4.34. The molecule has 0 saturated heterocycles. The summed E-state index contributed by atoms with van der Waals surface area (Å²) in [5.41, 5.74) is 0. The van der Waals surface area contributed by atoms with E-state index >= 15 is 0 Å². The lowest BCUT2D eigenvalue weighted by atomic mass is 10.2. The highest BCUT2D eigenvalue weighted by Crippen LogP contribution is 2.37. The van der Waals surface area contributed by atoms with E-state index in [1.165, 1.54) is 30.8 Å². The Morgan fingerprint density at radius 3 is 2.93 bits per heavy atom. The predicted molar refractivity (Wildman–Crippen MR) is 64.4 cm³/mol. The van der Waals surface area contributed by atoms with Crippen LogP contribution in [0.5, 0.6) is 0 Å². The molecule has 1 aromatic rings. The highest BCUT2D eigenvalue weighted by atomic mass is 32.1. The fraction of sp³-hybridized carbons (Fsp3) is 0.818. The van der Waals surface area contributed by atoms with E-state index in [0.717, 1.165) is 16.9 Å². The molecule has 1 aliphatic rings.